The van der Waals surface area contributed by atoms with Gasteiger partial charge in [-0.1, -0.05) is 17.3 Å². The minimum absolute atomic E-state index is 0.140. The lowest BCUT2D eigenvalue weighted by molar-refractivity contribution is -0.156. The lowest BCUT2D eigenvalue weighted by Gasteiger charge is -2.25. The number of nitrogens with zero attached hydrogens (tertiary/aromatic N) is 2. The fourth-order valence-corrected chi connectivity index (χ4v) is 3.46. The molecule has 0 fully saturated rings. The molecule has 0 spiro atoms. The van der Waals surface area contributed by atoms with Crippen molar-refractivity contribution in [1.82, 2.24) is 10.1 Å². The first-order valence-electron chi connectivity index (χ1n) is 8.74. The number of hydrogen-bond acceptors (Lipinski definition) is 8. The summed E-state index contributed by atoms with van der Waals surface area (Å²) in [5.41, 5.74) is 0.479. The average Bonchev–Trinajstić information content (AvgIpc) is 3.21. The molecule has 0 radical (unpaired) electrons. The van der Waals surface area contributed by atoms with E-state index >= 15 is 0 Å². The number of imide groups is 1. The Labute approximate surface area is 170 Å². The van der Waals surface area contributed by atoms with Crippen LogP contribution in [0.3, 0.4) is 0 Å². The fourth-order valence-electron chi connectivity index (χ4n) is 2.86. The van der Waals surface area contributed by atoms with Gasteiger partial charge >= 0.3 is 5.97 Å². The Hall–Kier alpha value is -3.14. The van der Waals surface area contributed by atoms with Gasteiger partial charge in [0.25, 0.3) is 17.7 Å². The zero-order valence-corrected chi connectivity index (χ0v) is 16.8. The molecule has 0 saturated heterocycles. The summed E-state index contributed by atoms with van der Waals surface area (Å²) in [7, 11) is 0. The van der Waals surface area contributed by atoms with Gasteiger partial charge in [0.1, 0.15) is 11.8 Å². The van der Waals surface area contributed by atoms with Crippen LogP contribution < -0.4 is 5.32 Å². The van der Waals surface area contributed by atoms with Crippen molar-refractivity contribution in [2.75, 3.05) is 17.3 Å². The Morgan fingerprint density at radius 3 is 2.38 bits per heavy atom. The number of carbonyl (C=O) groups is 4. The number of benzene rings is 1. The summed E-state index contributed by atoms with van der Waals surface area (Å²) in [6, 6.07) is 6.73. The van der Waals surface area contributed by atoms with Crippen LogP contribution in [0.2, 0.25) is 0 Å². The third kappa shape index (κ3) is 4.16. The number of fused-ring (bicyclic) bond motifs is 1. The molecular formula is C19H19N3O6S. The summed E-state index contributed by atoms with van der Waals surface area (Å²) >= 11 is 1.28. The molecule has 1 aliphatic heterocycles. The Balaban J connectivity index is 1.72. The third-order valence-corrected chi connectivity index (χ3v) is 4.92. The Morgan fingerprint density at radius 2 is 1.86 bits per heavy atom. The number of aromatic nitrogens is 1. The molecule has 0 unspecified atom stereocenters. The van der Waals surface area contributed by atoms with E-state index in [0.29, 0.717) is 5.76 Å². The number of carbonyl (C=O) groups excluding carboxylic acids is 4. The molecule has 1 aliphatic rings. The van der Waals surface area contributed by atoms with Gasteiger partial charge in [-0.3, -0.25) is 19.3 Å². The molecule has 1 aromatic carbocycles. The molecule has 2 heterocycles. The number of anilines is 1. The second-order valence-corrected chi connectivity index (χ2v) is 7.30. The molecule has 2 aromatic rings. The molecule has 29 heavy (non-hydrogen) atoms. The first-order chi connectivity index (χ1) is 13.8. The van der Waals surface area contributed by atoms with Gasteiger partial charge in [0.05, 0.1) is 11.1 Å². The number of amides is 3. The lowest BCUT2D eigenvalue weighted by atomic mass is 10.1. The van der Waals surface area contributed by atoms with Gasteiger partial charge in [-0.15, -0.1) is 0 Å². The van der Waals surface area contributed by atoms with Gasteiger partial charge in [-0.2, -0.15) is 11.8 Å². The topological polar surface area (TPSA) is 119 Å². The Bertz CT molecular complexity index is 937. The minimum atomic E-state index is -1.17. The van der Waals surface area contributed by atoms with Crippen molar-refractivity contribution in [1.29, 1.82) is 0 Å². The smallest absolute Gasteiger partial charge is 0.331 e. The lowest BCUT2D eigenvalue weighted by Crippen LogP contribution is -2.48. The van der Waals surface area contributed by atoms with E-state index in [4.69, 9.17) is 9.26 Å². The first-order valence-corrected chi connectivity index (χ1v) is 10.1. The van der Waals surface area contributed by atoms with E-state index in [-0.39, 0.29) is 22.7 Å². The molecular weight excluding hydrogens is 398 g/mol. The zero-order chi connectivity index (χ0) is 21.1. The van der Waals surface area contributed by atoms with Gasteiger partial charge in [-0.25, -0.2) is 4.79 Å². The average molecular weight is 417 g/mol. The predicted molar refractivity (Wildman–Crippen MR) is 105 cm³/mol. The van der Waals surface area contributed by atoms with E-state index in [1.807, 2.05) is 0 Å². The van der Waals surface area contributed by atoms with Crippen molar-refractivity contribution in [2.45, 2.75) is 26.0 Å². The van der Waals surface area contributed by atoms with Crippen LogP contribution in [0.15, 0.2) is 34.9 Å². The number of ether oxygens (including phenoxy) is 1. The summed E-state index contributed by atoms with van der Waals surface area (Å²) in [5, 5.41) is 6.11. The van der Waals surface area contributed by atoms with Crippen LogP contribution in [0.4, 0.5) is 5.82 Å². The van der Waals surface area contributed by atoms with E-state index in [2.05, 4.69) is 10.5 Å². The van der Waals surface area contributed by atoms with Gasteiger partial charge in [-0.05, 0) is 32.2 Å². The second-order valence-electron chi connectivity index (χ2n) is 6.39. The van der Waals surface area contributed by atoms with Crippen LogP contribution in [0.5, 0.6) is 0 Å². The maximum absolute atomic E-state index is 12.7. The van der Waals surface area contributed by atoms with Crippen molar-refractivity contribution >= 4 is 41.3 Å². The van der Waals surface area contributed by atoms with Crippen LogP contribution in [0.1, 0.15) is 33.4 Å². The van der Waals surface area contributed by atoms with Crippen LogP contribution in [0.25, 0.3) is 0 Å². The minimum Gasteiger partial charge on any atom is -0.451 e. The van der Waals surface area contributed by atoms with Gasteiger partial charge < -0.3 is 14.6 Å². The number of hydrogen-bond donors (Lipinski definition) is 1. The molecule has 0 saturated carbocycles. The Kier molecular flexibility index (Phi) is 6.02. The maximum Gasteiger partial charge on any atom is 0.331 e. The highest BCUT2D eigenvalue weighted by atomic mass is 32.2. The quantitative estimate of drug-likeness (QED) is 0.536. The van der Waals surface area contributed by atoms with Gasteiger partial charge in [0.15, 0.2) is 11.9 Å². The van der Waals surface area contributed by atoms with E-state index in [9.17, 15) is 19.2 Å². The predicted octanol–water partition coefficient (Wildman–Crippen LogP) is 1.88. The first kappa shape index (κ1) is 20.6. The summed E-state index contributed by atoms with van der Waals surface area (Å²) in [6.45, 7) is 3.06. The molecule has 0 bridgehead atoms. The number of thioether (sulfide) groups is 1. The monoisotopic (exact) mass is 417 g/mol. The largest absolute Gasteiger partial charge is 0.451 e. The van der Waals surface area contributed by atoms with Crippen LogP contribution in [-0.4, -0.2) is 57.9 Å². The number of esters is 1. The SMILES string of the molecule is CSC[C@@H](C(=O)O[C@H](C)C(=O)Nc1cc(C)on1)N1C(=O)c2ccccc2C1=O. The molecule has 9 nitrogen and oxygen atoms in total. The highest BCUT2D eigenvalue weighted by molar-refractivity contribution is 7.98. The summed E-state index contributed by atoms with van der Waals surface area (Å²) in [5.74, 6) is -1.73. The zero-order valence-electron chi connectivity index (χ0n) is 16.0. The summed E-state index contributed by atoms with van der Waals surface area (Å²) < 4.78 is 10.1. The number of rotatable bonds is 7. The number of nitrogens with one attached hydrogen (secondary N) is 1. The number of aryl methyl sites for hydroxylation is 1. The van der Waals surface area contributed by atoms with Gasteiger partial charge in [0, 0.05) is 11.8 Å². The normalized spacial score (nSPS) is 15.1. The second kappa shape index (κ2) is 8.48. The molecule has 3 rings (SSSR count). The van der Waals surface area contributed by atoms with Crippen molar-refractivity contribution in [2.24, 2.45) is 0 Å². The molecule has 3 amide bonds. The Morgan fingerprint density at radius 1 is 1.24 bits per heavy atom. The molecule has 0 aliphatic carbocycles. The molecule has 2 atom stereocenters. The maximum atomic E-state index is 12.7. The highest BCUT2D eigenvalue weighted by Gasteiger charge is 2.43. The van der Waals surface area contributed by atoms with Crippen molar-refractivity contribution < 1.29 is 28.4 Å². The van der Waals surface area contributed by atoms with Crippen molar-refractivity contribution in [3.8, 4) is 0 Å². The fraction of sp³-hybridized carbons (Fsp3) is 0.316. The van der Waals surface area contributed by atoms with E-state index in [1.54, 1.807) is 25.3 Å². The van der Waals surface area contributed by atoms with E-state index < -0.39 is 35.8 Å². The van der Waals surface area contributed by atoms with E-state index in [0.717, 1.165) is 4.90 Å². The van der Waals surface area contributed by atoms with Crippen molar-refractivity contribution in [3.63, 3.8) is 0 Å². The standard InChI is InChI=1S/C19H19N3O6S/c1-10-8-15(21-28-10)20-16(23)11(2)27-19(26)14(9-29-3)22-17(24)12-6-4-5-7-13(12)18(22)25/h4-8,11,14H,9H2,1-3H3,(H,20,21,23)/t11-,14+/m1/s1. The molecule has 152 valence electrons. The molecule has 1 aromatic heterocycles. The molecule has 10 heteroatoms. The summed E-state index contributed by atoms with van der Waals surface area (Å²) in [6.07, 6.45) is 0.570. The highest BCUT2D eigenvalue weighted by Crippen LogP contribution is 2.26. The molecule has 1 N–H and O–H groups in total. The van der Waals surface area contributed by atoms with Crippen LogP contribution in [-0.2, 0) is 14.3 Å². The third-order valence-electron chi connectivity index (χ3n) is 4.28. The van der Waals surface area contributed by atoms with Crippen molar-refractivity contribution in [3.05, 3.63) is 47.2 Å². The van der Waals surface area contributed by atoms with Gasteiger partial charge in [0.2, 0.25) is 0 Å². The summed E-state index contributed by atoms with van der Waals surface area (Å²) in [4.78, 5) is 51.2. The van der Waals surface area contributed by atoms with Crippen LogP contribution in [0, 0.1) is 6.92 Å². The van der Waals surface area contributed by atoms with Crippen LogP contribution >= 0.6 is 11.8 Å². The van der Waals surface area contributed by atoms with E-state index in [1.165, 1.54) is 36.9 Å².